The molecule has 0 aromatic carbocycles. The molecule has 0 amide bonds. The summed E-state index contributed by atoms with van der Waals surface area (Å²) in [4.78, 5) is 0. The molecule has 0 aromatic rings. The molecule has 0 aromatic heterocycles. The highest BCUT2D eigenvalue weighted by molar-refractivity contribution is 5.22. The van der Waals surface area contributed by atoms with Crippen molar-refractivity contribution in [2.24, 2.45) is 40.2 Å². The van der Waals surface area contributed by atoms with Gasteiger partial charge in [0.05, 0.1) is 24.4 Å². The normalized spacial score (nSPS) is 59.3. The summed E-state index contributed by atoms with van der Waals surface area (Å²) < 4.78 is 11.9. The molecule has 202 valence electrons. The summed E-state index contributed by atoms with van der Waals surface area (Å²) in [6.45, 7) is 8.01. The minimum atomic E-state index is -1.29. The number of hydrogen-bond acceptors (Lipinski definition) is 8. The Hall–Kier alpha value is -0.320. The maximum atomic E-state index is 11.5. The zero-order valence-electron chi connectivity index (χ0n) is 21.7. The van der Waals surface area contributed by atoms with Crippen LogP contribution in [0.4, 0.5) is 0 Å². The van der Waals surface area contributed by atoms with Crippen LogP contribution in [0.5, 0.6) is 0 Å². The van der Waals surface area contributed by atoms with Gasteiger partial charge in [-0.05, 0) is 94.3 Å². The lowest BCUT2D eigenvalue weighted by Crippen LogP contribution is -2.71. The molecule has 4 saturated carbocycles. The molecule has 15 atom stereocenters. The molecule has 1 saturated heterocycles. The summed E-state index contributed by atoms with van der Waals surface area (Å²) in [6.07, 6.45) is 0.780. The van der Waals surface area contributed by atoms with Gasteiger partial charge in [-0.1, -0.05) is 13.8 Å². The van der Waals surface area contributed by atoms with Crippen LogP contribution in [-0.4, -0.2) is 80.1 Å². The van der Waals surface area contributed by atoms with Crippen molar-refractivity contribution in [3.8, 4) is 0 Å². The predicted octanol–water partition coefficient (Wildman–Crippen LogP) is 1.29. The molecule has 7 N–H and O–H groups in total. The van der Waals surface area contributed by atoms with E-state index in [1.807, 2.05) is 6.92 Å². The summed E-state index contributed by atoms with van der Waals surface area (Å²) >= 11 is 0. The van der Waals surface area contributed by atoms with Crippen LogP contribution >= 0.6 is 0 Å². The predicted molar refractivity (Wildman–Crippen MR) is 129 cm³/mol. The Morgan fingerprint density at radius 3 is 2.31 bits per heavy atom. The van der Waals surface area contributed by atoms with Crippen molar-refractivity contribution in [1.29, 1.82) is 0 Å². The molecule has 1 heterocycles. The Morgan fingerprint density at radius 2 is 1.63 bits per heavy atom. The monoisotopic (exact) mass is 497 g/mol. The van der Waals surface area contributed by atoms with Crippen LogP contribution in [0.3, 0.4) is 0 Å². The maximum Gasteiger partial charge on any atom is 0.186 e. The fourth-order valence-corrected chi connectivity index (χ4v) is 9.53. The van der Waals surface area contributed by atoms with E-state index >= 15 is 0 Å². The molecule has 8 nitrogen and oxygen atoms in total. The molecule has 8 heteroatoms. The minimum absolute atomic E-state index is 0.0243. The van der Waals surface area contributed by atoms with Crippen molar-refractivity contribution in [3.63, 3.8) is 0 Å². The van der Waals surface area contributed by atoms with Gasteiger partial charge in [0, 0.05) is 11.0 Å². The van der Waals surface area contributed by atoms with Crippen LogP contribution in [0, 0.1) is 34.5 Å². The number of hydrogen-bond donors (Lipinski definition) is 6. The first-order valence-corrected chi connectivity index (χ1v) is 13.8. The first-order valence-electron chi connectivity index (χ1n) is 13.8. The van der Waals surface area contributed by atoms with Gasteiger partial charge in [0.15, 0.2) is 6.29 Å². The molecule has 0 spiro atoms. The fourth-order valence-electron chi connectivity index (χ4n) is 9.53. The summed E-state index contributed by atoms with van der Waals surface area (Å²) in [6, 6.07) is 0. The van der Waals surface area contributed by atoms with Gasteiger partial charge in [0.1, 0.15) is 18.3 Å². The van der Waals surface area contributed by atoms with E-state index in [1.165, 1.54) is 0 Å². The van der Waals surface area contributed by atoms with E-state index in [4.69, 9.17) is 15.2 Å². The highest BCUT2D eigenvalue weighted by atomic mass is 16.7. The van der Waals surface area contributed by atoms with Gasteiger partial charge in [0.25, 0.3) is 0 Å². The molecule has 5 fully saturated rings. The first-order chi connectivity index (χ1) is 16.3. The lowest BCUT2D eigenvalue weighted by molar-refractivity contribution is -0.310. The second-order valence-electron chi connectivity index (χ2n) is 13.2. The lowest BCUT2D eigenvalue weighted by atomic mass is 9.42. The maximum absolute atomic E-state index is 11.5. The van der Waals surface area contributed by atoms with Crippen molar-refractivity contribution in [1.82, 2.24) is 0 Å². The smallest absolute Gasteiger partial charge is 0.186 e. The van der Waals surface area contributed by atoms with E-state index in [2.05, 4.69) is 13.8 Å². The zero-order valence-corrected chi connectivity index (χ0v) is 21.7. The van der Waals surface area contributed by atoms with E-state index < -0.39 is 53.9 Å². The van der Waals surface area contributed by atoms with Crippen molar-refractivity contribution in [2.75, 3.05) is 0 Å². The van der Waals surface area contributed by atoms with Gasteiger partial charge in [-0.2, -0.15) is 0 Å². The van der Waals surface area contributed by atoms with Crippen LogP contribution < -0.4 is 5.73 Å². The third-order valence-electron chi connectivity index (χ3n) is 11.8. The largest absolute Gasteiger partial charge is 0.393 e. The van der Waals surface area contributed by atoms with Crippen LogP contribution in [0.2, 0.25) is 0 Å². The molecule has 0 bridgehead atoms. The average Bonchev–Trinajstić information content (AvgIpc) is 3.10. The topological polar surface area (TPSA) is 146 Å². The van der Waals surface area contributed by atoms with Crippen LogP contribution in [0.1, 0.15) is 79.1 Å². The van der Waals surface area contributed by atoms with Crippen molar-refractivity contribution in [2.45, 2.75) is 134 Å². The van der Waals surface area contributed by atoms with Gasteiger partial charge in [-0.15, -0.1) is 0 Å². The number of rotatable bonds is 3. The van der Waals surface area contributed by atoms with Crippen molar-refractivity contribution < 1.29 is 35.0 Å². The second-order valence-corrected chi connectivity index (χ2v) is 13.2. The molecule has 4 aliphatic carbocycles. The average molecular weight is 498 g/mol. The van der Waals surface area contributed by atoms with Gasteiger partial charge in [-0.3, -0.25) is 0 Å². The Bertz CT molecular complexity index is 797. The van der Waals surface area contributed by atoms with Gasteiger partial charge < -0.3 is 40.7 Å². The number of fused-ring (bicyclic) bond motifs is 5. The summed E-state index contributed by atoms with van der Waals surface area (Å²) in [5, 5.41) is 52.6. The highest BCUT2D eigenvalue weighted by Crippen LogP contribution is 2.68. The van der Waals surface area contributed by atoms with Crippen LogP contribution in [-0.2, 0) is 9.47 Å². The quantitative estimate of drug-likeness (QED) is 0.320. The molecular weight excluding hydrogens is 450 g/mol. The Labute approximate surface area is 209 Å². The molecular formula is C27H47NO7. The third kappa shape index (κ3) is 3.69. The van der Waals surface area contributed by atoms with Crippen LogP contribution in [0.15, 0.2) is 0 Å². The Morgan fingerprint density at radius 1 is 0.914 bits per heavy atom. The van der Waals surface area contributed by atoms with Gasteiger partial charge >= 0.3 is 0 Å². The Kier molecular flexibility index (Phi) is 6.66. The van der Waals surface area contributed by atoms with Crippen molar-refractivity contribution in [3.05, 3.63) is 0 Å². The minimum Gasteiger partial charge on any atom is -0.393 e. The first kappa shape index (κ1) is 26.3. The van der Waals surface area contributed by atoms with E-state index in [0.29, 0.717) is 17.8 Å². The Balaban J connectivity index is 1.31. The van der Waals surface area contributed by atoms with Gasteiger partial charge in [-0.25, -0.2) is 0 Å². The van der Waals surface area contributed by atoms with E-state index in [0.717, 1.165) is 51.4 Å². The van der Waals surface area contributed by atoms with E-state index in [1.54, 1.807) is 6.92 Å². The molecule has 35 heavy (non-hydrogen) atoms. The number of nitrogens with two attached hydrogens (primary N) is 1. The summed E-state index contributed by atoms with van der Waals surface area (Å²) in [5.74, 6) is 1.11. The van der Waals surface area contributed by atoms with E-state index in [-0.39, 0.29) is 17.4 Å². The van der Waals surface area contributed by atoms with Crippen molar-refractivity contribution >= 4 is 0 Å². The van der Waals surface area contributed by atoms with Gasteiger partial charge in [0.2, 0.25) is 0 Å². The SMILES string of the molecule is C[C@@H]1O[C@@H](O[C@H]2CC[C@@]3(C)[C@H](CC[C@@H]4[C@@H]3C[C@@H](O)[C@]3(C)[C@@H]([C@@H](C)O)CC[C@]43N)C2)[C@H](O)[C@H](O)[C@H]1O. The number of ether oxygens (including phenoxy) is 2. The molecule has 5 aliphatic rings. The zero-order chi connectivity index (χ0) is 25.5. The molecule has 5 rings (SSSR count). The standard InChI is InChI=1S/C27H47NO7/c1-13(29)17-8-10-27(28)18-6-5-15-11-16(35-24-23(33)22(32)21(31)14(2)34-24)7-9-25(15,3)19(18)12-20(30)26(17,27)4/h13-24,29-33H,5-12,28H2,1-4H3/t13-,14+,15-,16+,17-,18-,19+,20-,21+,22-,23-,24+,25+,26+,27+/m1/s1. The third-order valence-corrected chi connectivity index (χ3v) is 11.8. The summed E-state index contributed by atoms with van der Waals surface area (Å²) in [5.41, 5.74) is 6.39. The number of aliphatic hydroxyl groups excluding tert-OH is 5. The fraction of sp³-hybridized carbons (Fsp3) is 1.00. The second kappa shape index (κ2) is 8.87. The molecule has 1 aliphatic heterocycles. The number of aliphatic hydroxyl groups is 5. The lowest BCUT2D eigenvalue weighted by Gasteiger charge is -2.65. The van der Waals surface area contributed by atoms with Crippen LogP contribution in [0.25, 0.3) is 0 Å². The summed E-state index contributed by atoms with van der Waals surface area (Å²) in [7, 11) is 0. The highest BCUT2D eigenvalue weighted by Gasteiger charge is 2.69. The molecule has 0 unspecified atom stereocenters. The van der Waals surface area contributed by atoms with E-state index in [9.17, 15) is 25.5 Å². The molecule has 0 radical (unpaired) electrons.